The Morgan fingerprint density at radius 2 is 1.88 bits per heavy atom. The maximum absolute atomic E-state index is 11.1. The molecule has 5 heteroatoms. The highest BCUT2D eigenvalue weighted by Crippen LogP contribution is 2.20. The molecule has 1 amide bonds. The van der Waals surface area contributed by atoms with Gasteiger partial charge in [-0.25, -0.2) is 9.97 Å². The summed E-state index contributed by atoms with van der Waals surface area (Å²) in [5, 5.41) is 0. The van der Waals surface area contributed by atoms with Gasteiger partial charge >= 0.3 is 0 Å². The van der Waals surface area contributed by atoms with Crippen molar-refractivity contribution in [3.63, 3.8) is 0 Å². The van der Waals surface area contributed by atoms with Crippen LogP contribution in [-0.4, -0.2) is 15.9 Å². The Labute approximate surface area is 89.9 Å². The second-order valence-corrected chi connectivity index (χ2v) is 3.38. The van der Waals surface area contributed by atoms with Crippen molar-refractivity contribution in [1.29, 1.82) is 0 Å². The molecule has 0 aliphatic heterocycles. The van der Waals surface area contributed by atoms with Gasteiger partial charge in [0.15, 0.2) is 0 Å². The van der Waals surface area contributed by atoms with Crippen LogP contribution in [0, 0.1) is 0 Å². The lowest BCUT2D eigenvalue weighted by molar-refractivity contribution is 0.100. The molecule has 78 valence electrons. The van der Waals surface area contributed by atoms with Crippen molar-refractivity contribution in [2.45, 2.75) is 0 Å². The molecule has 3 rings (SSSR count). The van der Waals surface area contributed by atoms with Gasteiger partial charge < -0.3 is 10.2 Å². The normalized spacial score (nSPS) is 11.0. The Morgan fingerprint density at radius 1 is 1.19 bits per heavy atom. The minimum absolute atomic E-state index is 0.258. The fourth-order valence-corrected chi connectivity index (χ4v) is 1.59. The van der Waals surface area contributed by atoms with Crippen LogP contribution in [-0.2, 0) is 0 Å². The molecule has 0 saturated carbocycles. The van der Waals surface area contributed by atoms with Crippen molar-refractivity contribution >= 4 is 28.2 Å². The summed E-state index contributed by atoms with van der Waals surface area (Å²) in [5.74, 6) is -0.566. The van der Waals surface area contributed by atoms with Gasteiger partial charge in [-0.15, -0.1) is 0 Å². The highest BCUT2D eigenvalue weighted by molar-refractivity contribution is 6.04. The monoisotopic (exact) mass is 213 g/mol. The highest BCUT2D eigenvalue weighted by Gasteiger charge is 2.13. The van der Waals surface area contributed by atoms with Crippen molar-refractivity contribution in [1.82, 2.24) is 9.97 Å². The average molecular weight is 213 g/mol. The van der Waals surface area contributed by atoms with E-state index in [4.69, 9.17) is 10.2 Å². The van der Waals surface area contributed by atoms with Gasteiger partial charge in [-0.3, -0.25) is 4.79 Å². The minimum Gasteiger partial charge on any atom is -0.444 e. The van der Waals surface area contributed by atoms with Gasteiger partial charge in [-0.05, 0) is 12.1 Å². The van der Waals surface area contributed by atoms with Crippen LogP contribution in [0.3, 0.4) is 0 Å². The van der Waals surface area contributed by atoms with Crippen molar-refractivity contribution in [3.05, 3.63) is 36.1 Å². The summed E-state index contributed by atoms with van der Waals surface area (Å²) >= 11 is 0. The molecule has 0 atom stereocenters. The SMILES string of the molecule is NC(=O)c1coc2nc3ccccc3nc12. The first-order chi connectivity index (χ1) is 7.75. The first-order valence-corrected chi connectivity index (χ1v) is 4.69. The van der Waals surface area contributed by atoms with E-state index in [2.05, 4.69) is 9.97 Å². The van der Waals surface area contributed by atoms with Crippen LogP contribution < -0.4 is 5.73 Å². The summed E-state index contributed by atoms with van der Waals surface area (Å²) in [4.78, 5) is 19.7. The van der Waals surface area contributed by atoms with Gasteiger partial charge in [0, 0.05) is 0 Å². The zero-order valence-electron chi connectivity index (χ0n) is 8.18. The predicted octanol–water partition coefficient (Wildman–Crippen LogP) is 1.47. The Hall–Kier alpha value is -2.43. The van der Waals surface area contributed by atoms with Gasteiger partial charge in [0.2, 0.25) is 5.71 Å². The van der Waals surface area contributed by atoms with E-state index >= 15 is 0 Å². The molecule has 0 bridgehead atoms. The van der Waals surface area contributed by atoms with Gasteiger partial charge in [0.05, 0.1) is 11.0 Å². The number of amides is 1. The molecule has 0 spiro atoms. The van der Waals surface area contributed by atoms with Crippen molar-refractivity contribution in [3.8, 4) is 0 Å². The number of furan rings is 1. The third-order valence-corrected chi connectivity index (χ3v) is 2.35. The molecule has 16 heavy (non-hydrogen) atoms. The summed E-state index contributed by atoms with van der Waals surface area (Å²) in [6.07, 6.45) is 1.28. The second-order valence-electron chi connectivity index (χ2n) is 3.38. The van der Waals surface area contributed by atoms with Gasteiger partial charge in [0.1, 0.15) is 17.3 Å². The molecule has 0 saturated heterocycles. The molecular formula is C11H7N3O2. The Morgan fingerprint density at radius 3 is 2.56 bits per heavy atom. The van der Waals surface area contributed by atoms with E-state index < -0.39 is 5.91 Å². The molecule has 1 aromatic carbocycles. The number of benzene rings is 1. The number of primary amides is 1. The minimum atomic E-state index is -0.566. The van der Waals surface area contributed by atoms with Gasteiger partial charge in [0.25, 0.3) is 5.91 Å². The molecule has 5 nitrogen and oxygen atoms in total. The number of para-hydroxylation sites is 2. The number of hydrogen-bond donors (Lipinski definition) is 1. The van der Waals surface area contributed by atoms with E-state index in [9.17, 15) is 4.79 Å². The molecule has 0 aliphatic rings. The zero-order chi connectivity index (χ0) is 11.1. The summed E-state index contributed by atoms with van der Waals surface area (Å²) in [6.45, 7) is 0. The lowest BCUT2D eigenvalue weighted by Crippen LogP contribution is -2.10. The highest BCUT2D eigenvalue weighted by atomic mass is 16.3. The summed E-state index contributed by atoms with van der Waals surface area (Å²) in [6, 6.07) is 7.36. The Balaban J connectivity index is 2.45. The third-order valence-electron chi connectivity index (χ3n) is 2.35. The number of carbonyl (C=O) groups is 1. The first-order valence-electron chi connectivity index (χ1n) is 4.69. The van der Waals surface area contributed by atoms with Gasteiger partial charge in [-0.2, -0.15) is 0 Å². The lowest BCUT2D eigenvalue weighted by atomic mass is 10.2. The van der Waals surface area contributed by atoms with E-state index in [1.807, 2.05) is 24.3 Å². The zero-order valence-corrected chi connectivity index (χ0v) is 8.18. The van der Waals surface area contributed by atoms with Crippen molar-refractivity contribution in [2.24, 2.45) is 5.73 Å². The van der Waals surface area contributed by atoms with Crippen LogP contribution in [0.25, 0.3) is 22.3 Å². The van der Waals surface area contributed by atoms with E-state index in [1.165, 1.54) is 6.26 Å². The predicted molar refractivity (Wildman–Crippen MR) is 57.8 cm³/mol. The Kier molecular flexibility index (Phi) is 1.67. The number of carbonyl (C=O) groups excluding carboxylic acids is 1. The Bertz CT molecular complexity index is 703. The summed E-state index contributed by atoms with van der Waals surface area (Å²) in [5.41, 5.74) is 7.62. The number of nitrogens with zero attached hydrogens (tertiary/aromatic N) is 2. The molecule has 2 heterocycles. The first kappa shape index (κ1) is 8.84. The maximum Gasteiger partial charge on any atom is 0.254 e. The standard InChI is InChI=1S/C11H7N3O2/c12-10(15)6-5-16-11-9(6)13-7-3-1-2-4-8(7)14-11/h1-5H,(H2,12,15). The van der Waals surface area contributed by atoms with E-state index in [0.29, 0.717) is 16.7 Å². The second kappa shape index (κ2) is 3.03. The van der Waals surface area contributed by atoms with Crippen LogP contribution in [0.1, 0.15) is 10.4 Å². The molecule has 3 aromatic rings. The number of fused-ring (bicyclic) bond motifs is 2. The quantitative estimate of drug-likeness (QED) is 0.663. The van der Waals surface area contributed by atoms with E-state index in [0.717, 1.165) is 5.52 Å². The fraction of sp³-hybridized carbons (Fsp3) is 0. The maximum atomic E-state index is 11.1. The molecular weight excluding hydrogens is 206 g/mol. The number of rotatable bonds is 1. The topological polar surface area (TPSA) is 82.0 Å². The molecule has 0 radical (unpaired) electrons. The third kappa shape index (κ3) is 1.15. The van der Waals surface area contributed by atoms with Crippen LogP contribution in [0.4, 0.5) is 0 Å². The van der Waals surface area contributed by atoms with E-state index in [-0.39, 0.29) is 5.56 Å². The number of aromatic nitrogens is 2. The van der Waals surface area contributed by atoms with Crippen LogP contribution in [0.5, 0.6) is 0 Å². The van der Waals surface area contributed by atoms with Crippen molar-refractivity contribution < 1.29 is 9.21 Å². The molecule has 0 fully saturated rings. The fourth-order valence-electron chi connectivity index (χ4n) is 1.59. The van der Waals surface area contributed by atoms with Crippen LogP contribution >= 0.6 is 0 Å². The summed E-state index contributed by atoms with van der Waals surface area (Å²) in [7, 11) is 0. The van der Waals surface area contributed by atoms with Crippen LogP contribution in [0.2, 0.25) is 0 Å². The number of nitrogens with two attached hydrogens (primary N) is 1. The largest absolute Gasteiger partial charge is 0.444 e. The number of hydrogen-bond acceptors (Lipinski definition) is 4. The van der Waals surface area contributed by atoms with Crippen LogP contribution in [0.15, 0.2) is 34.9 Å². The van der Waals surface area contributed by atoms with Crippen molar-refractivity contribution in [2.75, 3.05) is 0 Å². The molecule has 2 aromatic heterocycles. The lowest BCUT2D eigenvalue weighted by Gasteiger charge is -1.95. The molecule has 2 N–H and O–H groups in total. The summed E-state index contributed by atoms with van der Waals surface area (Å²) < 4.78 is 5.14. The average Bonchev–Trinajstić information content (AvgIpc) is 2.68. The van der Waals surface area contributed by atoms with E-state index in [1.54, 1.807) is 0 Å². The molecule has 0 unspecified atom stereocenters. The molecule has 0 aliphatic carbocycles. The van der Waals surface area contributed by atoms with Gasteiger partial charge in [-0.1, -0.05) is 12.1 Å². The smallest absolute Gasteiger partial charge is 0.254 e.